The summed E-state index contributed by atoms with van der Waals surface area (Å²) < 4.78 is 83.8. The van der Waals surface area contributed by atoms with E-state index in [-0.39, 0.29) is 17.6 Å². The average Bonchev–Trinajstić information content (AvgIpc) is 3.16. The molecule has 14 heteroatoms. The van der Waals surface area contributed by atoms with E-state index in [0.29, 0.717) is 12.8 Å². The van der Waals surface area contributed by atoms with Crippen LogP contribution in [0.15, 0.2) is 21.8 Å². The van der Waals surface area contributed by atoms with Crippen LogP contribution in [0.25, 0.3) is 11.0 Å². The number of hydrogen-bond acceptors (Lipinski definition) is 6. The van der Waals surface area contributed by atoms with Crippen molar-refractivity contribution in [3.8, 4) is 0 Å². The van der Waals surface area contributed by atoms with Crippen molar-refractivity contribution in [2.45, 2.75) is 54.0 Å². The van der Waals surface area contributed by atoms with Gasteiger partial charge in [0.25, 0.3) is 6.43 Å². The minimum atomic E-state index is -4.42. The van der Waals surface area contributed by atoms with Gasteiger partial charge in [0.15, 0.2) is 5.50 Å². The van der Waals surface area contributed by atoms with Gasteiger partial charge in [0.1, 0.15) is 22.8 Å². The lowest BCUT2D eigenvalue weighted by Gasteiger charge is -2.15. The van der Waals surface area contributed by atoms with Gasteiger partial charge < -0.3 is 0 Å². The first-order chi connectivity index (χ1) is 14.1. The quantitative estimate of drug-likeness (QED) is 0.534. The lowest BCUT2D eigenvalue weighted by Crippen LogP contribution is -2.39. The molecule has 1 aliphatic carbocycles. The Bertz CT molecular complexity index is 1150. The summed E-state index contributed by atoms with van der Waals surface area (Å²) in [5.41, 5.74) is 2.31. The van der Waals surface area contributed by atoms with Gasteiger partial charge in [-0.25, -0.2) is 46.3 Å². The second kappa shape index (κ2) is 7.51. The van der Waals surface area contributed by atoms with Crippen LogP contribution in [-0.4, -0.2) is 41.6 Å². The number of fused-ring (bicyclic) bond motifs is 1. The van der Waals surface area contributed by atoms with E-state index < -0.39 is 55.9 Å². The van der Waals surface area contributed by atoms with Crippen LogP contribution in [-0.2, 0) is 16.6 Å². The Labute approximate surface area is 173 Å². The molecule has 2 atom stereocenters. The molecule has 1 saturated carbocycles. The SMILES string of the molecule is CCn1c(=O)n(C2NNC(C(F)F)S2)c2cc(S(=O)(=O)NC3(CF)CC3)c(F)cc21. The third-order valence-electron chi connectivity index (χ3n) is 5.17. The molecule has 0 amide bonds. The molecule has 2 aromatic rings. The molecule has 1 saturated heterocycles. The fraction of sp³-hybridized carbons (Fsp3) is 0.562. The van der Waals surface area contributed by atoms with Crippen LogP contribution in [0.4, 0.5) is 17.6 Å². The van der Waals surface area contributed by atoms with E-state index in [9.17, 15) is 30.8 Å². The molecule has 1 aromatic heterocycles. The van der Waals surface area contributed by atoms with Crippen molar-refractivity contribution < 1.29 is 26.0 Å². The second-order valence-electron chi connectivity index (χ2n) is 7.22. The maximum absolute atomic E-state index is 14.7. The number of sulfonamides is 1. The van der Waals surface area contributed by atoms with Crippen LogP contribution < -0.4 is 21.3 Å². The number of aromatic nitrogens is 2. The van der Waals surface area contributed by atoms with Crippen LogP contribution >= 0.6 is 11.8 Å². The van der Waals surface area contributed by atoms with Crippen molar-refractivity contribution in [3.05, 3.63) is 28.4 Å². The first kappa shape index (κ1) is 21.6. The molecule has 2 fully saturated rings. The van der Waals surface area contributed by atoms with Crippen molar-refractivity contribution in [2.75, 3.05) is 6.67 Å². The van der Waals surface area contributed by atoms with E-state index in [1.165, 1.54) is 4.57 Å². The van der Waals surface area contributed by atoms with Crippen molar-refractivity contribution in [2.24, 2.45) is 0 Å². The number of imidazole rings is 1. The summed E-state index contributed by atoms with van der Waals surface area (Å²) in [6.07, 6.45) is -2.12. The third kappa shape index (κ3) is 3.53. The van der Waals surface area contributed by atoms with Crippen molar-refractivity contribution in [1.82, 2.24) is 24.7 Å². The molecule has 8 nitrogen and oxygen atoms in total. The second-order valence-corrected chi connectivity index (χ2v) is 10.1. The number of thioether (sulfide) groups is 1. The van der Waals surface area contributed by atoms with Crippen LogP contribution in [0.1, 0.15) is 25.3 Å². The molecule has 166 valence electrons. The van der Waals surface area contributed by atoms with Crippen molar-refractivity contribution in [3.63, 3.8) is 0 Å². The normalized spacial score (nSPS) is 23.5. The van der Waals surface area contributed by atoms with Gasteiger partial charge in [0.05, 0.1) is 16.6 Å². The molecule has 0 spiro atoms. The Kier molecular flexibility index (Phi) is 5.41. The molecule has 3 N–H and O–H groups in total. The monoisotopic (exact) mass is 469 g/mol. The molecular weight excluding hydrogens is 450 g/mol. The van der Waals surface area contributed by atoms with E-state index in [1.54, 1.807) is 6.92 Å². The molecular formula is C16H19F4N5O3S2. The number of nitrogens with zero attached hydrogens (tertiary/aromatic N) is 2. The van der Waals surface area contributed by atoms with Gasteiger partial charge in [0, 0.05) is 12.6 Å². The van der Waals surface area contributed by atoms with E-state index in [4.69, 9.17) is 0 Å². The summed E-state index contributed by atoms with van der Waals surface area (Å²) in [4.78, 5) is 12.1. The van der Waals surface area contributed by atoms with E-state index in [0.717, 1.165) is 28.5 Å². The Morgan fingerprint density at radius 1 is 1.30 bits per heavy atom. The van der Waals surface area contributed by atoms with Gasteiger partial charge >= 0.3 is 5.69 Å². The van der Waals surface area contributed by atoms with Gasteiger partial charge in [-0.2, -0.15) is 0 Å². The largest absolute Gasteiger partial charge is 0.331 e. The Morgan fingerprint density at radius 2 is 2.00 bits per heavy atom. The molecule has 1 aliphatic heterocycles. The van der Waals surface area contributed by atoms with Gasteiger partial charge in [-0.3, -0.25) is 9.13 Å². The van der Waals surface area contributed by atoms with Gasteiger partial charge in [-0.1, -0.05) is 11.8 Å². The maximum atomic E-state index is 14.7. The number of benzene rings is 1. The fourth-order valence-corrected chi connectivity index (χ4v) is 5.89. The Hall–Kier alpha value is -1.61. The standard InChI is InChI=1S/C16H19F4N5O3S2/c1-2-24-9-5-8(18)11(30(27,28)23-16(7-17)3-4-16)6-10(9)25(15(24)26)14-22-21-13(29-14)12(19)20/h5-6,12-14,21-23H,2-4,7H2,1H3. The molecule has 0 bridgehead atoms. The van der Waals surface area contributed by atoms with E-state index in [2.05, 4.69) is 15.6 Å². The number of hydrogen-bond donors (Lipinski definition) is 3. The predicted molar refractivity (Wildman–Crippen MR) is 103 cm³/mol. The summed E-state index contributed by atoms with van der Waals surface area (Å²) in [5, 5.41) is -1.29. The minimum absolute atomic E-state index is 0.0513. The number of hydrazine groups is 1. The molecule has 2 unspecified atom stereocenters. The van der Waals surface area contributed by atoms with Crippen LogP contribution in [0.2, 0.25) is 0 Å². The predicted octanol–water partition coefficient (Wildman–Crippen LogP) is 1.63. The number of rotatable bonds is 7. The maximum Gasteiger partial charge on any atom is 0.331 e. The summed E-state index contributed by atoms with van der Waals surface area (Å²) >= 11 is 0.735. The summed E-state index contributed by atoms with van der Waals surface area (Å²) in [6.45, 7) is 0.874. The number of nitrogens with one attached hydrogen (secondary N) is 3. The minimum Gasteiger partial charge on any atom is -0.292 e. The van der Waals surface area contributed by atoms with Gasteiger partial charge in [-0.05, 0) is 25.8 Å². The summed E-state index contributed by atoms with van der Waals surface area (Å²) in [5.74, 6) is -1.10. The first-order valence-corrected chi connectivity index (χ1v) is 11.5. The zero-order valence-electron chi connectivity index (χ0n) is 15.7. The molecule has 2 heterocycles. The van der Waals surface area contributed by atoms with Crippen LogP contribution in [0, 0.1) is 5.82 Å². The average molecular weight is 469 g/mol. The fourth-order valence-electron chi connectivity index (χ4n) is 3.38. The number of halogens is 4. The summed E-state index contributed by atoms with van der Waals surface area (Å²) in [6, 6.07) is 1.89. The lowest BCUT2D eigenvalue weighted by atomic mass is 10.3. The van der Waals surface area contributed by atoms with E-state index in [1.807, 2.05) is 0 Å². The Morgan fingerprint density at radius 3 is 2.53 bits per heavy atom. The summed E-state index contributed by atoms with van der Waals surface area (Å²) in [7, 11) is -4.42. The smallest absolute Gasteiger partial charge is 0.292 e. The zero-order valence-corrected chi connectivity index (χ0v) is 17.3. The van der Waals surface area contributed by atoms with Crippen molar-refractivity contribution in [1.29, 1.82) is 0 Å². The number of aryl methyl sites for hydroxylation is 1. The molecule has 1 aromatic carbocycles. The van der Waals surface area contributed by atoms with Crippen LogP contribution in [0.5, 0.6) is 0 Å². The molecule has 30 heavy (non-hydrogen) atoms. The molecule has 0 radical (unpaired) electrons. The van der Waals surface area contributed by atoms with Gasteiger partial charge in [-0.15, -0.1) is 0 Å². The molecule has 4 rings (SSSR count). The highest BCUT2D eigenvalue weighted by Gasteiger charge is 2.47. The van der Waals surface area contributed by atoms with Crippen LogP contribution in [0.3, 0.4) is 0 Å². The van der Waals surface area contributed by atoms with Gasteiger partial charge in [0.2, 0.25) is 10.0 Å². The highest BCUT2D eigenvalue weighted by Crippen LogP contribution is 2.38. The Balaban J connectivity index is 1.84. The van der Waals surface area contributed by atoms with Crippen molar-refractivity contribution >= 4 is 32.8 Å². The zero-order chi connectivity index (χ0) is 21.8. The van der Waals surface area contributed by atoms with E-state index >= 15 is 0 Å². The third-order valence-corrected chi connectivity index (χ3v) is 7.97. The topological polar surface area (TPSA) is 97.2 Å². The molecule has 2 aliphatic rings. The highest BCUT2D eigenvalue weighted by molar-refractivity contribution is 8.00. The lowest BCUT2D eigenvalue weighted by molar-refractivity contribution is 0.131. The first-order valence-electron chi connectivity index (χ1n) is 9.11. The highest BCUT2D eigenvalue weighted by atomic mass is 32.2. The number of alkyl halides is 3.